The fourth-order valence-electron chi connectivity index (χ4n) is 3.01. The molecule has 0 radical (unpaired) electrons. The fourth-order valence-corrected chi connectivity index (χ4v) is 3.01. The zero-order valence-corrected chi connectivity index (χ0v) is 12.8. The standard InChI is InChI=1S/C21H20O/c1-22-21(19-14-8-4-9-15-19,20-16-10-5-11-17-20)18-12-6-2-3-7-13-18/h2,4-17H,3H2,1H3. The second kappa shape index (κ2) is 6.59. The van der Waals surface area contributed by atoms with Gasteiger partial charge in [0, 0.05) is 7.11 Å². The lowest BCUT2D eigenvalue weighted by molar-refractivity contribution is 0.0579. The van der Waals surface area contributed by atoms with Gasteiger partial charge in [-0.25, -0.2) is 0 Å². The third kappa shape index (κ3) is 2.56. The lowest BCUT2D eigenvalue weighted by Gasteiger charge is -2.35. The summed E-state index contributed by atoms with van der Waals surface area (Å²) in [4.78, 5) is 0. The molecule has 1 aliphatic rings. The van der Waals surface area contributed by atoms with Crippen molar-refractivity contribution >= 4 is 0 Å². The van der Waals surface area contributed by atoms with Gasteiger partial charge >= 0.3 is 0 Å². The van der Waals surface area contributed by atoms with Gasteiger partial charge in [-0.15, -0.1) is 0 Å². The molecule has 0 aliphatic heterocycles. The molecule has 2 aromatic rings. The minimum atomic E-state index is -0.590. The summed E-state index contributed by atoms with van der Waals surface area (Å²) in [5.74, 6) is 0. The molecule has 1 nitrogen and oxygen atoms in total. The first kappa shape index (κ1) is 14.6. The van der Waals surface area contributed by atoms with Crippen molar-refractivity contribution in [3.05, 3.63) is 108 Å². The van der Waals surface area contributed by atoms with Crippen molar-refractivity contribution in [2.24, 2.45) is 0 Å². The maximum absolute atomic E-state index is 6.15. The molecule has 0 bridgehead atoms. The van der Waals surface area contributed by atoms with Crippen molar-refractivity contribution in [3.63, 3.8) is 0 Å². The summed E-state index contributed by atoms with van der Waals surface area (Å²) in [6, 6.07) is 20.8. The Labute approximate surface area is 132 Å². The van der Waals surface area contributed by atoms with Crippen LogP contribution in [0.3, 0.4) is 0 Å². The van der Waals surface area contributed by atoms with E-state index in [1.165, 1.54) is 0 Å². The number of hydrogen-bond acceptors (Lipinski definition) is 1. The molecule has 0 spiro atoms. The second-order valence-corrected chi connectivity index (χ2v) is 5.31. The van der Waals surface area contributed by atoms with Crippen LogP contribution in [0.15, 0.2) is 96.6 Å². The SMILES string of the molecule is COC(C1=CC=CCC=C1)(c1ccccc1)c1ccccc1. The van der Waals surface area contributed by atoms with Crippen molar-refractivity contribution in [1.82, 2.24) is 0 Å². The Morgan fingerprint density at radius 1 is 0.818 bits per heavy atom. The van der Waals surface area contributed by atoms with Gasteiger partial charge in [0.2, 0.25) is 0 Å². The lowest BCUT2D eigenvalue weighted by Crippen LogP contribution is -2.32. The molecule has 3 rings (SSSR count). The van der Waals surface area contributed by atoms with Crippen LogP contribution in [-0.4, -0.2) is 7.11 Å². The minimum Gasteiger partial charge on any atom is -0.364 e. The average molecular weight is 288 g/mol. The molecule has 0 N–H and O–H groups in total. The average Bonchev–Trinajstić information content (AvgIpc) is 2.88. The number of rotatable bonds is 4. The second-order valence-electron chi connectivity index (χ2n) is 5.31. The Kier molecular flexibility index (Phi) is 4.36. The predicted molar refractivity (Wildman–Crippen MR) is 91.7 cm³/mol. The summed E-state index contributed by atoms with van der Waals surface area (Å²) in [6.07, 6.45) is 11.7. The third-order valence-corrected chi connectivity index (χ3v) is 4.05. The van der Waals surface area contributed by atoms with Gasteiger partial charge in [-0.2, -0.15) is 0 Å². The first-order valence-corrected chi connectivity index (χ1v) is 7.58. The minimum absolute atomic E-state index is 0.590. The first-order chi connectivity index (χ1) is 10.9. The van der Waals surface area contributed by atoms with Crippen molar-refractivity contribution in [2.75, 3.05) is 7.11 Å². The van der Waals surface area contributed by atoms with E-state index >= 15 is 0 Å². The van der Waals surface area contributed by atoms with Crippen LogP contribution in [0.4, 0.5) is 0 Å². The fraction of sp³-hybridized carbons (Fsp3) is 0.143. The molecule has 0 aromatic heterocycles. The number of methoxy groups -OCH3 is 1. The highest BCUT2D eigenvalue weighted by Gasteiger charge is 2.37. The van der Waals surface area contributed by atoms with Gasteiger partial charge in [0.05, 0.1) is 0 Å². The van der Waals surface area contributed by atoms with Crippen LogP contribution in [0, 0.1) is 0 Å². The van der Waals surface area contributed by atoms with Crippen LogP contribution in [0.5, 0.6) is 0 Å². The van der Waals surface area contributed by atoms with Crippen molar-refractivity contribution < 1.29 is 4.74 Å². The molecule has 0 saturated carbocycles. The zero-order chi connectivity index (χ0) is 15.3. The third-order valence-electron chi connectivity index (χ3n) is 4.05. The molecule has 110 valence electrons. The van der Waals surface area contributed by atoms with Crippen molar-refractivity contribution in [2.45, 2.75) is 12.0 Å². The molecule has 0 heterocycles. The molecule has 0 saturated heterocycles. The summed E-state index contributed by atoms with van der Waals surface area (Å²) in [7, 11) is 1.78. The lowest BCUT2D eigenvalue weighted by atomic mass is 9.79. The summed E-state index contributed by atoms with van der Waals surface area (Å²) >= 11 is 0. The molecule has 0 atom stereocenters. The molecule has 0 amide bonds. The molecular formula is C21H20O. The monoisotopic (exact) mass is 288 g/mol. The summed E-state index contributed by atoms with van der Waals surface area (Å²) in [5, 5.41) is 0. The van der Waals surface area contributed by atoms with Crippen LogP contribution < -0.4 is 0 Å². The Morgan fingerprint density at radius 3 is 1.95 bits per heavy atom. The van der Waals surface area contributed by atoms with E-state index in [9.17, 15) is 0 Å². The predicted octanol–water partition coefficient (Wildman–Crippen LogP) is 5.02. The van der Waals surface area contributed by atoms with E-state index in [0.717, 1.165) is 23.1 Å². The Balaban J connectivity index is 2.26. The molecule has 1 aliphatic carbocycles. The summed E-state index contributed by atoms with van der Waals surface area (Å²) in [5.41, 5.74) is 2.82. The van der Waals surface area contributed by atoms with Crippen molar-refractivity contribution in [3.8, 4) is 0 Å². The van der Waals surface area contributed by atoms with E-state index in [2.05, 4.69) is 78.9 Å². The van der Waals surface area contributed by atoms with E-state index in [4.69, 9.17) is 4.74 Å². The summed E-state index contributed by atoms with van der Waals surface area (Å²) in [6.45, 7) is 0. The number of ether oxygens (including phenoxy) is 1. The molecular weight excluding hydrogens is 268 g/mol. The van der Waals surface area contributed by atoms with E-state index in [-0.39, 0.29) is 0 Å². The zero-order valence-electron chi connectivity index (χ0n) is 12.8. The quantitative estimate of drug-likeness (QED) is 0.767. The van der Waals surface area contributed by atoms with Gasteiger partial charge in [0.1, 0.15) is 5.60 Å². The molecule has 1 heteroatoms. The van der Waals surface area contributed by atoms with E-state index in [0.29, 0.717) is 0 Å². The smallest absolute Gasteiger partial charge is 0.143 e. The highest BCUT2D eigenvalue weighted by atomic mass is 16.5. The van der Waals surface area contributed by atoms with Crippen LogP contribution in [0.1, 0.15) is 17.5 Å². The number of hydrogen-bond donors (Lipinski definition) is 0. The van der Waals surface area contributed by atoms with E-state index in [1.54, 1.807) is 7.11 Å². The van der Waals surface area contributed by atoms with Gasteiger partial charge in [-0.1, -0.05) is 91.0 Å². The normalized spacial score (nSPS) is 14.5. The first-order valence-electron chi connectivity index (χ1n) is 7.58. The molecule has 22 heavy (non-hydrogen) atoms. The Bertz CT molecular complexity index is 654. The Morgan fingerprint density at radius 2 is 1.41 bits per heavy atom. The van der Waals surface area contributed by atoms with Crippen LogP contribution in [0.2, 0.25) is 0 Å². The maximum atomic E-state index is 6.15. The van der Waals surface area contributed by atoms with Gasteiger partial charge in [0.25, 0.3) is 0 Å². The molecule has 0 unspecified atom stereocenters. The van der Waals surface area contributed by atoms with Gasteiger partial charge in [-0.05, 0) is 23.1 Å². The highest BCUT2D eigenvalue weighted by Crippen LogP contribution is 2.41. The van der Waals surface area contributed by atoms with E-state index < -0.39 is 5.60 Å². The van der Waals surface area contributed by atoms with Crippen molar-refractivity contribution in [1.29, 1.82) is 0 Å². The highest BCUT2D eigenvalue weighted by molar-refractivity contribution is 5.51. The maximum Gasteiger partial charge on any atom is 0.143 e. The number of allylic oxidation sites excluding steroid dienone is 4. The summed E-state index contributed by atoms with van der Waals surface area (Å²) < 4.78 is 6.15. The van der Waals surface area contributed by atoms with E-state index in [1.807, 2.05) is 12.1 Å². The van der Waals surface area contributed by atoms with Gasteiger partial charge in [-0.3, -0.25) is 0 Å². The van der Waals surface area contributed by atoms with Crippen LogP contribution in [-0.2, 0) is 10.3 Å². The van der Waals surface area contributed by atoms with Gasteiger partial charge < -0.3 is 4.74 Å². The Hall–Kier alpha value is -2.38. The molecule has 2 aromatic carbocycles. The molecule has 0 fully saturated rings. The topological polar surface area (TPSA) is 9.23 Å². The number of benzene rings is 2. The van der Waals surface area contributed by atoms with Crippen LogP contribution >= 0.6 is 0 Å². The van der Waals surface area contributed by atoms with Crippen LogP contribution in [0.25, 0.3) is 0 Å². The van der Waals surface area contributed by atoms with Gasteiger partial charge in [0.15, 0.2) is 0 Å². The largest absolute Gasteiger partial charge is 0.364 e.